The zero-order valence-electron chi connectivity index (χ0n) is 26.9. The molecule has 3 N–H and O–H groups in total. The topological polar surface area (TPSA) is 136 Å². The van der Waals surface area contributed by atoms with Gasteiger partial charge in [0, 0.05) is 24.4 Å². The number of pyridine rings is 1. The molecule has 5 rings (SSSR count). The van der Waals surface area contributed by atoms with Crippen LogP contribution in [0.15, 0.2) is 90.9 Å². The second kappa shape index (κ2) is 15.1. The number of anilines is 4. The Hall–Kier alpha value is -5.65. The Morgan fingerprint density at radius 3 is 2.22 bits per heavy atom. The number of benzene rings is 3. The first-order chi connectivity index (χ1) is 23.6. The zero-order valence-corrected chi connectivity index (χ0v) is 28.4. The number of methoxy groups -OCH3 is 2. The highest BCUT2D eigenvalue weighted by Crippen LogP contribution is 2.45. The molecule has 2 amide bonds. The summed E-state index contributed by atoms with van der Waals surface area (Å²) >= 11 is 13.5. The normalized spacial score (nSPS) is 10.7. The summed E-state index contributed by atoms with van der Waals surface area (Å²) in [4.78, 5) is 47.5. The number of hydrogen-bond donors (Lipinski definition) is 3. The number of amides is 2. The molecule has 0 saturated carbocycles. The highest BCUT2D eigenvalue weighted by Gasteiger charge is 2.24. The van der Waals surface area contributed by atoms with E-state index >= 15 is 0 Å². The number of para-hydroxylation sites is 1. The highest BCUT2D eigenvalue weighted by molar-refractivity contribution is 6.41. The molecular formula is C36H32Cl2N6O5. The molecule has 0 radical (unpaired) electrons. The summed E-state index contributed by atoms with van der Waals surface area (Å²) in [6, 6.07) is 16.0. The van der Waals surface area contributed by atoms with Gasteiger partial charge in [0.25, 0.3) is 5.56 Å². The van der Waals surface area contributed by atoms with E-state index in [1.165, 1.54) is 38.6 Å². The van der Waals surface area contributed by atoms with Gasteiger partial charge in [-0.3, -0.25) is 14.4 Å². The number of rotatable bonds is 12. The fraction of sp³-hybridized carbons (Fsp3) is 0.139. The maximum absolute atomic E-state index is 14.4. The lowest BCUT2D eigenvalue weighted by Crippen LogP contribution is -2.25. The first-order valence-corrected chi connectivity index (χ1v) is 15.7. The van der Waals surface area contributed by atoms with Crippen LogP contribution in [0.2, 0.25) is 10.0 Å². The van der Waals surface area contributed by atoms with Crippen molar-refractivity contribution in [1.29, 1.82) is 0 Å². The van der Waals surface area contributed by atoms with E-state index in [0.717, 1.165) is 11.1 Å². The fourth-order valence-corrected chi connectivity index (χ4v) is 5.81. The molecule has 0 atom stereocenters. The summed E-state index contributed by atoms with van der Waals surface area (Å²) < 4.78 is 12.5. The number of aryl methyl sites for hydroxylation is 3. The van der Waals surface area contributed by atoms with E-state index in [1.54, 1.807) is 28.8 Å². The smallest absolute Gasteiger partial charge is 0.277 e. The number of nitrogens with one attached hydrogen (secondary N) is 3. The van der Waals surface area contributed by atoms with Crippen molar-refractivity contribution in [2.24, 2.45) is 0 Å². The predicted molar refractivity (Wildman–Crippen MR) is 195 cm³/mol. The summed E-state index contributed by atoms with van der Waals surface area (Å²) in [6.07, 6.45) is 4.35. The van der Waals surface area contributed by atoms with Crippen molar-refractivity contribution in [3.05, 3.63) is 118 Å². The van der Waals surface area contributed by atoms with Crippen molar-refractivity contribution in [3.63, 3.8) is 0 Å². The number of nitrogens with zero attached hydrogens (tertiary/aromatic N) is 3. The first kappa shape index (κ1) is 34.7. The monoisotopic (exact) mass is 698 g/mol. The Labute approximate surface area is 292 Å². The lowest BCUT2D eigenvalue weighted by Gasteiger charge is -2.18. The van der Waals surface area contributed by atoms with Crippen LogP contribution in [0.5, 0.6) is 11.5 Å². The molecule has 0 saturated heterocycles. The van der Waals surface area contributed by atoms with E-state index in [9.17, 15) is 14.4 Å². The lowest BCUT2D eigenvalue weighted by molar-refractivity contribution is -0.112. The van der Waals surface area contributed by atoms with E-state index in [-0.39, 0.29) is 51.2 Å². The van der Waals surface area contributed by atoms with E-state index in [4.69, 9.17) is 37.7 Å². The molecule has 5 aromatic rings. The third-order valence-corrected chi connectivity index (χ3v) is 8.39. The largest absolute Gasteiger partial charge is 0.495 e. The van der Waals surface area contributed by atoms with E-state index in [2.05, 4.69) is 34.1 Å². The van der Waals surface area contributed by atoms with Gasteiger partial charge in [-0.2, -0.15) is 0 Å². The minimum Gasteiger partial charge on any atom is -0.495 e. The van der Waals surface area contributed by atoms with Gasteiger partial charge >= 0.3 is 0 Å². The van der Waals surface area contributed by atoms with Crippen LogP contribution >= 0.6 is 23.2 Å². The molecule has 2 aromatic heterocycles. The van der Waals surface area contributed by atoms with Crippen molar-refractivity contribution in [1.82, 2.24) is 14.5 Å². The lowest BCUT2D eigenvalue weighted by atomic mass is 10.1. The number of halogens is 2. The Morgan fingerprint density at radius 1 is 0.939 bits per heavy atom. The van der Waals surface area contributed by atoms with Crippen LogP contribution in [0.4, 0.5) is 22.9 Å². The summed E-state index contributed by atoms with van der Waals surface area (Å²) in [7, 11) is 2.89. The Balaban J connectivity index is 1.64. The molecule has 11 nitrogen and oxygen atoms in total. The van der Waals surface area contributed by atoms with Crippen molar-refractivity contribution >= 4 is 68.9 Å². The maximum Gasteiger partial charge on any atom is 0.277 e. The second-order valence-corrected chi connectivity index (χ2v) is 11.5. The average molecular weight is 700 g/mol. The Morgan fingerprint density at radius 2 is 1.59 bits per heavy atom. The zero-order chi connectivity index (χ0) is 35.2. The molecule has 0 aliphatic heterocycles. The molecule has 3 aromatic carbocycles. The van der Waals surface area contributed by atoms with E-state index < -0.39 is 5.56 Å². The van der Waals surface area contributed by atoms with Gasteiger partial charge in [-0.15, -0.1) is 0 Å². The summed E-state index contributed by atoms with van der Waals surface area (Å²) in [6.45, 7) is 9.12. The molecule has 0 aliphatic rings. The van der Waals surface area contributed by atoms with Crippen LogP contribution in [0.1, 0.15) is 11.1 Å². The molecular weight excluding hydrogens is 667 g/mol. The molecule has 0 aliphatic carbocycles. The van der Waals surface area contributed by atoms with Crippen LogP contribution in [0.25, 0.3) is 22.3 Å². The predicted octanol–water partition coefficient (Wildman–Crippen LogP) is 7.33. The van der Waals surface area contributed by atoms with Gasteiger partial charge in [0.15, 0.2) is 0 Å². The average Bonchev–Trinajstić information content (AvgIpc) is 3.10. The van der Waals surface area contributed by atoms with E-state index in [0.29, 0.717) is 40.3 Å². The standard InChI is InChI=1S/C36H32Cl2N6O5/c1-6-29(45)40-22-13-11-21(12-14-22)15-16-44-25-17-28(43-34-20(3)9-8-10-23(34)41-30(46)7-2)39-19-24(25)42-35(36(44)47)31-32(37)26(48-4)18-27(49-5)33(31)38/h6-14,17-19H,1-2,15-16H2,3-5H3,(H,39,43)(H,40,45)(H,41,46). The number of hydrogen-bond acceptors (Lipinski definition) is 8. The van der Waals surface area contributed by atoms with E-state index in [1.807, 2.05) is 31.2 Å². The van der Waals surface area contributed by atoms with Gasteiger partial charge < -0.3 is 30.0 Å². The molecule has 0 fully saturated rings. The quantitative estimate of drug-likeness (QED) is 0.115. The molecule has 0 unspecified atom stereocenters. The molecule has 0 spiro atoms. The van der Waals surface area contributed by atoms with Crippen molar-refractivity contribution in [2.75, 3.05) is 30.2 Å². The second-order valence-electron chi connectivity index (χ2n) is 10.7. The van der Waals surface area contributed by atoms with Gasteiger partial charge in [-0.1, -0.05) is 60.6 Å². The molecule has 2 heterocycles. The number of fused-ring (bicyclic) bond motifs is 1. The highest BCUT2D eigenvalue weighted by atomic mass is 35.5. The molecule has 13 heteroatoms. The number of carbonyl (C=O) groups excluding carboxylic acids is 2. The van der Waals surface area contributed by atoms with Gasteiger partial charge in [0.2, 0.25) is 11.8 Å². The van der Waals surface area contributed by atoms with Gasteiger partial charge in [-0.05, 0) is 54.8 Å². The van der Waals surface area contributed by atoms with Crippen LogP contribution in [-0.4, -0.2) is 40.6 Å². The Kier molecular flexibility index (Phi) is 10.7. The minimum absolute atomic E-state index is 0.0157. The van der Waals surface area contributed by atoms with Gasteiger partial charge in [0.05, 0.1) is 52.9 Å². The van der Waals surface area contributed by atoms with Crippen molar-refractivity contribution < 1.29 is 19.1 Å². The number of carbonyl (C=O) groups is 2. The SMILES string of the molecule is C=CC(=O)Nc1ccc(CCn2c(=O)c(-c3c(Cl)c(OC)cc(OC)c3Cl)nc3cnc(Nc4c(C)cccc4NC(=O)C=C)cc32)cc1. The number of ether oxygens (including phenoxy) is 2. The summed E-state index contributed by atoms with van der Waals surface area (Å²) in [5.74, 6) is 0.225. The summed E-state index contributed by atoms with van der Waals surface area (Å²) in [5.41, 5.74) is 4.06. The van der Waals surface area contributed by atoms with Crippen LogP contribution < -0.4 is 31.0 Å². The molecule has 0 bridgehead atoms. The molecule has 49 heavy (non-hydrogen) atoms. The third-order valence-electron chi connectivity index (χ3n) is 7.64. The molecule has 250 valence electrons. The first-order valence-electron chi connectivity index (χ1n) is 14.9. The van der Waals surface area contributed by atoms with Gasteiger partial charge in [-0.25, -0.2) is 9.97 Å². The van der Waals surface area contributed by atoms with Crippen LogP contribution in [0, 0.1) is 6.92 Å². The summed E-state index contributed by atoms with van der Waals surface area (Å²) in [5, 5.41) is 9.00. The Bertz CT molecular complexity index is 2140. The number of aromatic nitrogens is 3. The maximum atomic E-state index is 14.4. The van der Waals surface area contributed by atoms with Crippen molar-refractivity contribution in [3.8, 4) is 22.8 Å². The third kappa shape index (κ3) is 7.43. The van der Waals surface area contributed by atoms with Crippen LogP contribution in [-0.2, 0) is 22.6 Å². The van der Waals surface area contributed by atoms with Gasteiger partial charge in [0.1, 0.15) is 28.5 Å². The van der Waals surface area contributed by atoms with Crippen molar-refractivity contribution in [2.45, 2.75) is 19.9 Å². The van der Waals surface area contributed by atoms with Crippen LogP contribution in [0.3, 0.4) is 0 Å². The fourth-order valence-electron chi connectivity index (χ4n) is 5.13. The minimum atomic E-state index is -0.464.